The number of carboxylic acids is 1. The first-order chi connectivity index (χ1) is 9.90. The summed E-state index contributed by atoms with van der Waals surface area (Å²) in [6.07, 6.45) is 0. The predicted molar refractivity (Wildman–Crippen MR) is 75.6 cm³/mol. The molecule has 2 N–H and O–H groups in total. The van der Waals surface area contributed by atoms with E-state index in [1.165, 1.54) is 17.0 Å². The average molecular weight is 358 g/mol. The van der Waals surface area contributed by atoms with Gasteiger partial charge in [-0.1, -0.05) is 12.1 Å². The van der Waals surface area contributed by atoms with E-state index in [1.807, 2.05) is 0 Å². The number of nitrogens with zero attached hydrogens (tertiary/aromatic N) is 2. The molecule has 21 heavy (non-hydrogen) atoms. The van der Waals surface area contributed by atoms with Gasteiger partial charge in [-0.3, -0.25) is 24.6 Å². The zero-order valence-electron chi connectivity index (χ0n) is 10.8. The number of hydrogen-bond donors (Lipinski definition) is 2. The first-order valence-corrected chi connectivity index (χ1v) is 6.84. The Bertz CT molecular complexity index is 607. The van der Waals surface area contributed by atoms with Gasteiger partial charge in [-0.2, -0.15) is 0 Å². The molecule has 1 atom stereocenters. The number of carboxylic acid groups (broad SMARTS) is 1. The van der Waals surface area contributed by atoms with Crippen molar-refractivity contribution in [2.24, 2.45) is 0 Å². The number of carbonyl (C=O) groups excluding carboxylic acids is 1. The summed E-state index contributed by atoms with van der Waals surface area (Å²) in [6.45, 7) is 0.0828. The monoisotopic (exact) mass is 357 g/mol. The van der Waals surface area contributed by atoms with Gasteiger partial charge < -0.3 is 10.4 Å². The Morgan fingerprint density at radius 3 is 2.90 bits per heavy atom. The van der Waals surface area contributed by atoms with Crippen molar-refractivity contribution in [1.29, 1.82) is 0 Å². The van der Waals surface area contributed by atoms with E-state index < -0.39 is 16.9 Å². The Labute approximate surface area is 128 Å². The van der Waals surface area contributed by atoms with Crippen LogP contribution in [0.3, 0.4) is 0 Å². The van der Waals surface area contributed by atoms with Crippen LogP contribution in [0.5, 0.6) is 0 Å². The van der Waals surface area contributed by atoms with Crippen molar-refractivity contribution in [3.05, 3.63) is 38.3 Å². The van der Waals surface area contributed by atoms with E-state index in [0.717, 1.165) is 0 Å². The molecule has 0 bridgehead atoms. The molecule has 1 aliphatic rings. The molecule has 2 rings (SSSR count). The molecule has 112 valence electrons. The van der Waals surface area contributed by atoms with Gasteiger partial charge in [0.2, 0.25) is 5.91 Å². The van der Waals surface area contributed by atoms with E-state index in [9.17, 15) is 24.8 Å². The van der Waals surface area contributed by atoms with Crippen LogP contribution in [0.1, 0.15) is 5.56 Å². The molecule has 1 aromatic rings. The van der Waals surface area contributed by atoms with Crippen molar-refractivity contribution < 1.29 is 19.6 Å². The number of piperazine rings is 1. The highest BCUT2D eigenvalue weighted by Crippen LogP contribution is 2.29. The summed E-state index contributed by atoms with van der Waals surface area (Å²) in [5.41, 5.74) is 0.464. The van der Waals surface area contributed by atoms with Crippen LogP contribution in [-0.2, 0) is 16.1 Å². The quantitative estimate of drug-likeness (QED) is 0.607. The fourth-order valence-electron chi connectivity index (χ4n) is 2.15. The van der Waals surface area contributed by atoms with Crippen LogP contribution in [-0.4, -0.2) is 45.9 Å². The van der Waals surface area contributed by atoms with E-state index in [4.69, 9.17) is 0 Å². The zero-order valence-corrected chi connectivity index (χ0v) is 12.4. The molecule has 1 aromatic carbocycles. The Hall–Kier alpha value is -2.00. The summed E-state index contributed by atoms with van der Waals surface area (Å²) >= 11 is 3.16. The smallest absolute Gasteiger partial charge is 0.322 e. The Balaban J connectivity index is 2.27. The fourth-order valence-corrected chi connectivity index (χ4v) is 2.68. The lowest BCUT2D eigenvalue weighted by molar-refractivity contribution is -0.385. The van der Waals surface area contributed by atoms with Crippen LogP contribution in [0.15, 0.2) is 22.7 Å². The van der Waals surface area contributed by atoms with Crippen molar-refractivity contribution in [2.75, 3.05) is 13.1 Å². The second-order valence-electron chi connectivity index (χ2n) is 4.57. The third-order valence-corrected chi connectivity index (χ3v) is 4.11. The second-order valence-corrected chi connectivity index (χ2v) is 5.36. The minimum Gasteiger partial charge on any atom is -0.480 e. The first-order valence-electron chi connectivity index (χ1n) is 6.05. The highest BCUT2D eigenvalue weighted by Gasteiger charge is 2.32. The Morgan fingerprint density at radius 2 is 2.29 bits per heavy atom. The molecule has 0 aliphatic carbocycles. The normalized spacial score (nSPS) is 19.1. The van der Waals surface area contributed by atoms with E-state index in [2.05, 4.69) is 21.2 Å². The van der Waals surface area contributed by atoms with E-state index >= 15 is 0 Å². The van der Waals surface area contributed by atoms with E-state index in [1.54, 1.807) is 6.07 Å². The minimum atomic E-state index is -1.04. The van der Waals surface area contributed by atoms with Crippen LogP contribution in [0.4, 0.5) is 5.69 Å². The van der Waals surface area contributed by atoms with E-state index in [0.29, 0.717) is 10.0 Å². The topological polar surface area (TPSA) is 113 Å². The van der Waals surface area contributed by atoms with Crippen molar-refractivity contribution in [1.82, 2.24) is 10.2 Å². The summed E-state index contributed by atoms with van der Waals surface area (Å²) in [5, 5.41) is 22.6. The number of halogens is 1. The van der Waals surface area contributed by atoms with Crippen LogP contribution in [0, 0.1) is 10.1 Å². The molecule has 1 amide bonds. The number of benzene rings is 1. The van der Waals surface area contributed by atoms with Crippen molar-refractivity contribution in [2.45, 2.75) is 12.6 Å². The van der Waals surface area contributed by atoms with Crippen LogP contribution in [0.25, 0.3) is 0 Å². The predicted octanol–water partition coefficient (Wildman–Crippen LogP) is 0.742. The number of rotatable bonds is 4. The summed E-state index contributed by atoms with van der Waals surface area (Å²) in [5.74, 6) is -1.31. The molecule has 1 fully saturated rings. The maximum Gasteiger partial charge on any atom is 0.322 e. The van der Waals surface area contributed by atoms with Crippen LogP contribution >= 0.6 is 15.9 Å². The third-order valence-electron chi connectivity index (χ3n) is 3.19. The summed E-state index contributed by atoms with van der Waals surface area (Å²) in [4.78, 5) is 34.5. The lowest BCUT2D eigenvalue weighted by Crippen LogP contribution is -2.56. The molecule has 0 saturated carbocycles. The van der Waals surface area contributed by atoms with Crippen LogP contribution in [0.2, 0.25) is 0 Å². The molecule has 1 aliphatic heterocycles. The largest absolute Gasteiger partial charge is 0.480 e. The van der Waals surface area contributed by atoms with Gasteiger partial charge in [0.25, 0.3) is 5.69 Å². The SMILES string of the molecule is O=C1CN(Cc2cccc([N+](=O)[O-])c2Br)C(C(=O)O)CN1. The second kappa shape index (κ2) is 6.19. The maximum atomic E-state index is 11.4. The molecule has 1 heterocycles. The highest BCUT2D eigenvalue weighted by molar-refractivity contribution is 9.10. The van der Waals surface area contributed by atoms with Gasteiger partial charge in [0.1, 0.15) is 6.04 Å². The summed E-state index contributed by atoms with van der Waals surface area (Å²) < 4.78 is 0.296. The third kappa shape index (κ3) is 3.37. The van der Waals surface area contributed by atoms with Crippen molar-refractivity contribution in [3.8, 4) is 0 Å². The average Bonchev–Trinajstić information content (AvgIpc) is 2.40. The number of nitro benzene ring substituents is 1. The molecule has 1 saturated heterocycles. The van der Waals surface area contributed by atoms with Crippen molar-refractivity contribution in [3.63, 3.8) is 0 Å². The highest BCUT2D eigenvalue weighted by atomic mass is 79.9. The standard InChI is InChI=1S/C12H12BrN3O5/c13-11-7(2-1-3-8(11)16(20)21)5-15-6-10(17)14-4-9(15)12(18)19/h1-3,9H,4-6H2,(H,14,17)(H,18,19). The molecule has 0 radical (unpaired) electrons. The lowest BCUT2D eigenvalue weighted by Gasteiger charge is -2.32. The number of carbonyl (C=O) groups is 2. The van der Waals surface area contributed by atoms with Crippen molar-refractivity contribution >= 4 is 33.5 Å². The first kappa shape index (κ1) is 15.4. The maximum absolute atomic E-state index is 11.4. The molecule has 0 aromatic heterocycles. The van der Waals surface area contributed by atoms with Gasteiger partial charge in [-0.15, -0.1) is 0 Å². The zero-order chi connectivity index (χ0) is 15.6. The summed E-state index contributed by atoms with van der Waals surface area (Å²) in [6, 6.07) is 3.68. The minimum absolute atomic E-state index is 0.0146. The molecular weight excluding hydrogens is 346 g/mol. The van der Waals surface area contributed by atoms with Gasteiger partial charge in [0.05, 0.1) is 15.9 Å². The molecule has 8 nitrogen and oxygen atoms in total. The number of nitrogens with one attached hydrogen (secondary N) is 1. The molecule has 0 spiro atoms. The van der Waals surface area contributed by atoms with Crippen LogP contribution < -0.4 is 5.32 Å². The Kier molecular flexibility index (Phi) is 4.53. The van der Waals surface area contributed by atoms with Gasteiger partial charge >= 0.3 is 5.97 Å². The van der Waals surface area contributed by atoms with Gasteiger partial charge in [0, 0.05) is 19.2 Å². The van der Waals surface area contributed by atoms with Gasteiger partial charge in [0.15, 0.2) is 0 Å². The summed E-state index contributed by atoms with van der Waals surface area (Å²) in [7, 11) is 0. The number of hydrogen-bond acceptors (Lipinski definition) is 5. The Morgan fingerprint density at radius 1 is 1.57 bits per heavy atom. The lowest BCUT2D eigenvalue weighted by atomic mass is 10.1. The fraction of sp³-hybridized carbons (Fsp3) is 0.333. The molecule has 1 unspecified atom stereocenters. The van der Waals surface area contributed by atoms with Gasteiger partial charge in [-0.25, -0.2) is 0 Å². The number of aliphatic carboxylic acids is 1. The number of amides is 1. The number of nitro groups is 1. The van der Waals surface area contributed by atoms with E-state index in [-0.39, 0.29) is 31.2 Å². The molecular formula is C12H12BrN3O5. The van der Waals surface area contributed by atoms with Gasteiger partial charge in [-0.05, 0) is 21.5 Å². The molecule has 9 heteroatoms.